The monoisotopic (exact) mass is 672 g/mol. The number of allylic oxidation sites excluding steroid dienone is 1. The van der Waals surface area contributed by atoms with Gasteiger partial charge in [0.05, 0.1) is 12.5 Å². The summed E-state index contributed by atoms with van der Waals surface area (Å²) in [4.78, 5) is 62.4. The number of rotatable bonds is 11. The number of benzene rings is 1. The van der Waals surface area contributed by atoms with E-state index in [2.05, 4.69) is 12.2 Å². The van der Waals surface area contributed by atoms with E-state index in [9.17, 15) is 49.6 Å². The highest BCUT2D eigenvalue weighted by Gasteiger charge is 2.68. The van der Waals surface area contributed by atoms with Gasteiger partial charge in [-0.3, -0.25) is 19.2 Å². The quantitative estimate of drug-likeness (QED) is 0.128. The molecule has 0 spiro atoms. The number of carbonyl (C=O) groups is 5. The van der Waals surface area contributed by atoms with Crippen molar-refractivity contribution in [3.05, 3.63) is 46.7 Å². The van der Waals surface area contributed by atoms with Crippen LogP contribution >= 0.6 is 0 Å². The summed E-state index contributed by atoms with van der Waals surface area (Å²) in [6, 6.07) is 3.12. The Labute approximate surface area is 277 Å². The summed E-state index contributed by atoms with van der Waals surface area (Å²) in [7, 11) is 0. The number of ketones is 2. The molecule has 1 aromatic carbocycles. The Balaban J connectivity index is 1.16. The van der Waals surface area contributed by atoms with Crippen LogP contribution in [0.2, 0.25) is 0 Å². The molecule has 10 atom stereocenters. The van der Waals surface area contributed by atoms with Crippen molar-refractivity contribution in [1.82, 2.24) is 5.32 Å². The minimum atomic E-state index is -1.84. The molecule has 14 heteroatoms. The van der Waals surface area contributed by atoms with Crippen LogP contribution in [-0.2, 0) is 28.7 Å². The van der Waals surface area contributed by atoms with E-state index in [-0.39, 0.29) is 53.0 Å². The number of nitrogens with one attached hydrogen (secondary N) is 2. The van der Waals surface area contributed by atoms with Crippen molar-refractivity contribution in [2.75, 3.05) is 6.61 Å². The van der Waals surface area contributed by atoms with Crippen LogP contribution in [0.1, 0.15) is 83.3 Å². The number of carboxylic acids is 1. The molecule has 14 nitrogen and oxygen atoms in total. The Morgan fingerprint density at radius 1 is 1.12 bits per heavy atom. The van der Waals surface area contributed by atoms with E-state index in [1.54, 1.807) is 6.08 Å². The lowest BCUT2D eigenvalue weighted by atomic mass is 9.45. The number of amides is 1. The zero-order valence-electron chi connectivity index (χ0n) is 27.0. The fraction of sp³-hybridized carbons (Fsp3) is 0.618. The van der Waals surface area contributed by atoms with Crippen molar-refractivity contribution in [2.24, 2.45) is 28.6 Å². The minimum Gasteiger partial charge on any atom is -0.595 e. The Kier molecular flexibility index (Phi) is 9.99. The Bertz CT molecular complexity index is 1510. The zero-order valence-corrected chi connectivity index (χ0v) is 27.0. The van der Waals surface area contributed by atoms with Crippen molar-refractivity contribution in [3.8, 4) is 0 Å². The number of aliphatic hydroxyl groups excluding tert-OH is 2. The average Bonchev–Trinajstić information content (AvgIpc) is 3.31. The van der Waals surface area contributed by atoms with E-state index in [0.29, 0.717) is 19.3 Å². The molecule has 262 valence electrons. The number of carboxylic acid groups (broad SMARTS) is 1. The SMILES string of the molecule is CC12CCC(=O)C=C1CCC1C2C(O)CC2(C)C1CCC2(O)C(=O)COC(=O)CCC(=O)NC(C(=O)O)C(O)c1cccc([NH+]([O-])O)c1. The Hall–Kier alpha value is -3.53. The molecule has 5 rings (SSSR count). The lowest BCUT2D eigenvalue weighted by Crippen LogP contribution is -2.99. The van der Waals surface area contributed by atoms with E-state index in [4.69, 9.17) is 9.94 Å². The van der Waals surface area contributed by atoms with Crippen LogP contribution in [0, 0.1) is 33.8 Å². The smallest absolute Gasteiger partial charge is 0.329 e. The second-order valence-electron chi connectivity index (χ2n) is 14.3. The topological polar surface area (TPSA) is 235 Å². The maximum absolute atomic E-state index is 13.5. The lowest BCUT2D eigenvalue weighted by Gasteiger charge is -2.60. The van der Waals surface area contributed by atoms with Crippen LogP contribution in [0.5, 0.6) is 0 Å². The summed E-state index contributed by atoms with van der Waals surface area (Å²) in [5, 5.41) is 64.7. The number of ether oxygens (including phenoxy) is 1. The standard InChI is InChI=1S/C34H44N2O12/c1-32-12-10-21(37)15-19(32)6-7-22-23-11-13-34(45,33(23,2)16-24(38)28(22)32)25(39)17-48-27(41)9-8-26(40)35-29(31(43)44)30(42)18-4-3-5-20(14-18)36(46)47/h3-5,14-15,22-24,28-30,36,38,42,45-46H,6-13,16-17H2,1-2H3,(H,35,40)(H,43,44). The largest absolute Gasteiger partial charge is 0.595 e. The number of aliphatic hydroxyl groups is 3. The molecule has 1 aromatic rings. The third-order valence-corrected chi connectivity index (χ3v) is 11.8. The van der Waals surface area contributed by atoms with Gasteiger partial charge in [0.2, 0.25) is 11.7 Å². The van der Waals surface area contributed by atoms with Crippen LogP contribution in [-0.4, -0.2) is 79.4 Å². The molecular formula is C34H44N2O12. The van der Waals surface area contributed by atoms with Crippen LogP contribution in [0.3, 0.4) is 0 Å². The number of carbonyl (C=O) groups excluding carboxylic acids is 4. The van der Waals surface area contributed by atoms with Crippen LogP contribution in [0.15, 0.2) is 35.9 Å². The number of hydrogen-bond acceptors (Lipinski definition) is 11. The van der Waals surface area contributed by atoms with E-state index in [1.807, 2.05) is 6.92 Å². The normalized spacial score (nSPS) is 34.4. The van der Waals surface area contributed by atoms with Crippen molar-refractivity contribution in [2.45, 2.75) is 95.5 Å². The number of quaternary nitrogens is 1. The average molecular weight is 673 g/mol. The van der Waals surface area contributed by atoms with Crippen molar-refractivity contribution in [1.29, 1.82) is 0 Å². The molecule has 0 aliphatic heterocycles. The van der Waals surface area contributed by atoms with Gasteiger partial charge in [-0.25, -0.2) is 10.0 Å². The fourth-order valence-corrected chi connectivity index (χ4v) is 9.27. The molecule has 4 aliphatic rings. The summed E-state index contributed by atoms with van der Waals surface area (Å²) < 4.78 is 5.14. The molecule has 3 fully saturated rings. The molecule has 0 bridgehead atoms. The van der Waals surface area contributed by atoms with Crippen molar-refractivity contribution >= 4 is 35.1 Å². The molecule has 0 radical (unpaired) electrons. The first-order valence-electron chi connectivity index (χ1n) is 16.4. The number of hydrogen-bond donors (Lipinski definition) is 7. The zero-order chi connectivity index (χ0) is 35.2. The fourth-order valence-electron chi connectivity index (χ4n) is 9.27. The molecule has 0 aromatic heterocycles. The molecule has 0 saturated heterocycles. The van der Waals surface area contributed by atoms with E-state index in [0.717, 1.165) is 24.5 Å². The van der Waals surface area contributed by atoms with Crippen LogP contribution in [0.4, 0.5) is 5.69 Å². The van der Waals surface area contributed by atoms with Gasteiger partial charge in [-0.1, -0.05) is 31.6 Å². The summed E-state index contributed by atoms with van der Waals surface area (Å²) in [6.07, 6.45) is 1.55. The first-order chi connectivity index (χ1) is 22.5. The van der Waals surface area contributed by atoms with Gasteiger partial charge < -0.3 is 35.7 Å². The lowest BCUT2D eigenvalue weighted by molar-refractivity contribution is -0.991. The summed E-state index contributed by atoms with van der Waals surface area (Å²) in [5.74, 6) is -4.12. The Morgan fingerprint density at radius 2 is 1.85 bits per heavy atom. The highest BCUT2D eigenvalue weighted by atomic mass is 16.8. The molecule has 10 unspecified atom stereocenters. The second kappa shape index (κ2) is 13.4. The van der Waals surface area contributed by atoms with Gasteiger partial charge in [0, 0.05) is 30.4 Å². The Morgan fingerprint density at radius 3 is 2.54 bits per heavy atom. The molecule has 0 heterocycles. The summed E-state index contributed by atoms with van der Waals surface area (Å²) in [5.41, 5.74) is -2.29. The molecule has 4 aliphatic carbocycles. The van der Waals surface area contributed by atoms with Gasteiger partial charge in [0.1, 0.15) is 11.7 Å². The predicted molar refractivity (Wildman–Crippen MR) is 165 cm³/mol. The first-order valence-corrected chi connectivity index (χ1v) is 16.4. The van der Waals surface area contributed by atoms with E-state index >= 15 is 0 Å². The highest BCUT2D eigenvalue weighted by Crippen LogP contribution is 2.67. The highest BCUT2D eigenvalue weighted by molar-refractivity contribution is 5.92. The van der Waals surface area contributed by atoms with E-state index in [1.165, 1.54) is 18.2 Å². The van der Waals surface area contributed by atoms with Gasteiger partial charge in [-0.15, -0.1) is 0 Å². The number of Topliss-reactive ketones (excluding diaryl/α,β-unsaturated/α-hetero) is 1. The maximum Gasteiger partial charge on any atom is 0.329 e. The second-order valence-corrected chi connectivity index (χ2v) is 14.3. The summed E-state index contributed by atoms with van der Waals surface area (Å²) in [6.45, 7) is 3.19. The number of esters is 1. The first kappa shape index (κ1) is 35.8. The maximum atomic E-state index is 13.5. The van der Waals surface area contributed by atoms with Gasteiger partial charge in [0.15, 0.2) is 24.1 Å². The molecular weight excluding hydrogens is 628 g/mol. The van der Waals surface area contributed by atoms with E-state index < -0.39 is 77.6 Å². The minimum absolute atomic E-state index is 0.0475. The van der Waals surface area contributed by atoms with Gasteiger partial charge >= 0.3 is 11.9 Å². The van der Waals surface area contributed by atoms with Gasteiger partial charge in [0.25, 0.3) is 0 Å². The third-order valence-electron chi connectivity index (χ3n) is 11.8. The number of aliphatic carboxylic acids is 1. The van der Waals surface area contributed by atoms with Gasteiger partial charge in [-0.2, -0.15) is 5.23 Å². The molecule has 1 amide bonds. The third kappa shape index (κ3) is 6.32. The summed E-state index contributed by atoms with van der Waals surface area (Å²) >= 11 is 0. The van der Waals surface area contributed by atoms with Crippen molar-refractivity contribution < 1.29 is 59.6 Å². The van der Waals surface area contributed by atoms with Gasteiger partial charge in [-0.05, 0) is 73.3 Å². The molecule has 48 heavy (non-hydrogen) atoms. The van der Waals surface area contributed by atoms with Crippen LogP contribution < -0.4 is 10.5 Å². The molecule has 3 saturated carbocycles. The van der Waals surface area contributed by atoms with Crippen LogP contribution in [0.25, 0.3) is 0 Å². The predicted octanol–water partition coefficient (Wildman–Crippen LogP) is 0.819. The van der Waals surface area contributed by atoms with Crippen molar-refractivity contribution in [3.63, 3.8) is 0 Å². The molecule has 7 N–H and O–H groups in total. The number of fused-ring (bicyclic) bond motifs is 5.